The molecule has 2 aliphatic carbocycles. The van der Waals surface area contributed by atoms with Gasteiger partial charge in [-0.15, -0.1) is 0 Å². The van der Waals surface area contributed by atoms with Crippen LogP contribution in [-0.2, 0) is 14.4 Å². The van der Waals surface area contributed by atoms with E-state index >= 15 is 0 Å². The molecule has 1 amide bonds. The Hall–Kier alpha value is -3.09. The minimum Gasteiger partial charge on any atom is -0.481 e. The molecule has 3 aliphatic rings. The summed E-state index contributed by atoms with van der Waals surface area (Å²) >= 11 is 13.3. The molecule has 1 aliphatic heterocycles. The highest BCUT2D eigenvalue weighted by Gasteiger charge is 2.43. The van der Waals surface area contributed by atoms with E-state index in [9.17, 15) is 14.4 Å². The highest BCUT2D eigenvalue weighted by molar-refractivity contribution is 6.37. The van der Waals surface area contributed by atoms with Crippen molar-refractivity contribution in [2.45, 2.75) is 58.3 Å². The van der Waals surface area contributed by atoms with Crippen LogP contribution in [-0.4, -0.2) is 35.5 Å². The van der Waals surface area contributed by atoms with Crippen molar-refractivity contribution < 1.29 is 19.1 Å². The fourth-order valence-corrected chi connectivity index (χ4v) is 6.49. The lowest BCUT2D eigenvalue weighted by Crippen LogP contribution is -2.39. The van der Waals surface area contributed by atoms with Gasteiger partial charge in [0.25, 0.3) is 5.91 Å². The Bertz CT molecular complexity index is 1330. The second kappa shape index (κ2) is 11.0. The topological polar surface area (TPSA) is 75.7 Å². The largest absolute Gasteiger partial charge is 0.481 e. The molecule has 0 fully saturated rings. The molecule has 2 aromatic carbocycles. The molecule has 0 radical (unpaired) electrons. The Labute approximate surface area is 232 Å². The molecule has 8 heteroatoms. The number of amides is 1. The zero-order valence-corrected chi connectivity index (χ0v) is 23.0. The van der Waals surface area contributed by atoms with E-state index in [4.69, 9.17) is 27.9 Å². The van der Waals surface area contributed by atoms with Gasteiger partial charge in [-0.05, 0) is 74.9 Å². The van der Waals surface area contributed by atoms with Gasteiger partial charge >= 0.3 is 0 Å². The molecule has 0 saturated carbocycles. The first-order valence-corrected chi connectivity index (χ1v) is 13.8. The van der Waals surface area contributed by atoms with E-state index in [1.165, 1.54) is 0 Å². The van der Waals surface area contributed by atoms with E-state index in [1.54, 1.807) is 18.2 Å². The normalized spacial score (nSPS) is 17.9. The molecule has 38 heavy (non-hydrogen) atoms. The van der Waals surface area contributed by atoms with Crippen LogP contribution < -0.4 is 10.1 Å². The first kappa shape index (κ1) is 26.5. The molecule has 1 N–H and O–H groups in total. The molecule has 0 atom stereocenters. The van der Waals surface area contributed by atoms with Crippen LogP contribution in [0.25, 0.3) is 0 Å². The molecule has 1 heterocycles. The minimum atomic E-state index is -0.503. The van der Waals surface area contributed by atoms with Gasteiger partial charge in [0.1, 0.15) is 0 Å². The van der Waals surface area contributed by atoms with Gasteiger partial charge in [0, 0.05) is 53.5 Å². The third-order valence-electron chi connectivity index (χ3n) is 7.41. The number of aryl methyl sites for hydroxylation is 1. The van der Waals surface area contributed by atoms with Crippen LogP contribution in [0, 0.1) is 6.92 Å². The standard InChI is InChI=1S/C30H30Cl2N2O4/c1-3-34-22-9-5-11-24(35)28(22)27(29-23(34)10-6-12-25(29)36)18-14-20(31)30(21(32)15-18)38-16-26(37)33-19-8-4-7-17(2)13-19/h4,7-8,13-15,27H,3,5-6,9-12,16H2,1-2H3,(H,33,37). The Morgan fingerprint density at radius 3 is 2.13 bits per heavy atom. The first-order valence-electron chi connectivity index (χ1n) is 13.1. The number of benzene rings is 2. The predicted molar refractivity (Wildman–Crippen MR) is 149 cm³/mol. The van der Waals surface area contributed by atoms with E-state index in [-0.39, 0.29) is 39.9 Å². The predicted octanol–water partition coefficient (Wildman–Crippen LogP) is 6.75. The zero-order chi connectivity index (χ0) is 27.0. The fourth-order valence-electron chi connectivity index (χ4n) is 5.87. The molecule has 198 valence electrons. The highest BCUT2D eigenvalue weighted by Crippen LogP contribution is 2.50. The maximum atomic E-state index is 13.3. The summed E-state index contributed by atoms with van der Waals surface area (Å²) in [6.45, 7) is 4.44. The number of ketones is 2. The van der Waals surface area contributed by atoms with Gasteiger partial charge in [0.15, 0.2) is 23.9 Å². The highest BCUT2D eigenvalue weighted by atomic mass is 35.5. The number of hydrogen-bond acceptors (Lipinski definition) is 5. The van der Waals surface area contributed by atoms with E-state index < -0.39 is 5.92 Å². The van der Waals surface area contributed by atoms with Crippen molar-refractivity contribution in [1.82, 2.24) is 4.90 Å². The van der Waals surface area contributed by atoms with Crippen molar-refractivity contribution in [3.05, 3.63) is 80.1 Å². The number of hydrogen-bond donors (Lipinski definition) is 1. The molecule has 2 aromatic rings. The Balaban J connectivity index is 1.46. The number of rotatable bonds is 6. The summed E-state index contributed by atoms with van der Waals surface area (Å²) in [4.78, 5) is 41.2. The van der Waals surface area contributed by atoms with Crippen LogP contribution in [0.3, 0.4) is 0 Å². The van der Waals surface area contributed by atoms with E-state index in [0.717, 1.165) is 42.6 Å². The minimum absolute atomic E-state index is 0.0695. The number of Topliss-reactive ketones (excluding diaryl/α,β-unsaturated/α-hetero) is 2. The lowest BCUT2D eigenvalue weighted by atomic mass is 9.71. The Morgan fingerprint density at radius 1 is 0.974 bits per heavy atom. The summed E-state index contributed by atoms with van der Waals surface area (Å²) in [6, 6.07) is 10.9. The summed E-state index contributed by atoms with van der Waals surface area (Å²) in [5, 5.41) is 3.25. The van der Waals surface area contributed by atoms with Crippen molar-refractivity contribution in [2.24, 2.45) is 0 Å². The third-order valence-corrected chi connectivity index (χ3v) is 7.97. The van der Waals surface area contributed by atoms with Gasteiger partial charge in [0.2, 0.25) is 0 Å². The van der Waals surface area contributed by atoms with Gasteiger partial charge in [-0.1, -0.05) is 35.3 Å². The molecule has 0 aromatic heterocycles. The Morgan fingerprint density at radius 2 is 1.58 bits per heavy atom. The van der Waals surface area contributed by atoms with Gasteiger partial charge in [-0.2, -0.15) is 0 Å². The smallest absolute Gasteiger partial charge is 0.262 e. The number of nitrogens with zero attached hydrogens (tertiary/aromatic N) is 1. The second-order valence-electron chi connectivity index (χ2n) is 9.97. The summed E-state index contributed by atoms with van der Waals surface area (Å²) in [5.41, 5.74) is 5.80. The number of carbonyl (C=O) groups excluding carboxylic acids is 3. The fraction of sp³-hybridized carbons (Fsp3) is 0.367. The Kier molecular flexibility index (Phi) is 7.64. The van der Waals surface area contributed by atoms with Crippen LogP contribution >= 0.6 is 23.2 Å². The van der Waals surface area contributed by atoms with Crippen molar-refractivity contribution in [1.29, 1.82) is 0 Å². The van der Waals surface area contributed by atoms with Crippen LogP contribution in [0.1, 0.15) is 62.5 Å². The maximum absolute atomic E-state index is 13.3. The van der Waals surface area contributed by atoms with Crippen molar-refractivity contribution in [2.75, 3.05) is 18.5 Å². The molecular weight excluding hydrogens is 523 g/mol. The molecular formula is C30H30Cl2N2O4. The van der Waals surface area contributed by atoms with Crippen LogP contribution in [0.5, 0.6) is 5.75 Å². The number of halogens is 2. The number of ether oxygens (including phenoxy) is 1. The number of allylic oxidation sites excluding steroid dienone is 4. The van der Waals surface area contributed by atoms with Gasteiger partial charge in [-0.3, -0.25) is 14.4 Å². The number of carbonyl (C=O) groups is 3. The zero-order valence-electron chi connectivity index (χ0n) is 21.5. The average molecular weight is 553 g/mol. The summed E-state index contributed by atoms with van der Waals surface area (Å²) in [7, 11) is 0. The molecule has 6 nitrogen and oxygen atoms in total. The third kappa shape index (κ3) is 4.99. The van der Waals surface area contributed by atoms with Crippen molar-refractivity contribution in [3.63, 3.8) is 0 Å². The maximum Gasteiger partial charge on any atom is 0.262 e. The summed E-state index contributed by atoms with van der Waals surface area (Å²) in [5.74, 6) is -0.517. The molecule has 0 unspecified atom stereocenters. The molecule has 0 saturated heterocycles. The SMILES string of the molecule is CCN1C2=C(C(=O)CCC2)C(c2cc(Cl)c(OCC(=O)Nc3cccc(C)c3)c(Cl)c2)C2=C1CCCC2=O. The molecule has 0 bridgehead atoms. The van der Waals surface area contributed by atoms with Gasteiger partial charge in [-0.25, -0.2) is 0 Å². The lowest BCUT2D eigenvalue weighted by Gasteiger charge is -2.43. The van der Waals surface area contributed by atoms with Crippen LogP contribution in [0.15, 0.2) is 58.9 Å². The molecule has 5 rings (SSSR count). The van der Waals surface area contributed by atoms with Crippen LogP contribution in [0.2, 0.25) is 10.0 Å². The lowest BCUT2D eigenvalue weighted by molar-refractivity contribution is -0.118. The quantitative estimate of drug-likeness (QED) is 0.428. The first-order chi connectivity index (χ1) is 18.3. The summed E-state index contributed by atoms with van der Waals surface area (Å²) < 4.78 is 5.72. The average Bonchev–Trinajstić information content (AvgIpc) is 2.87. The van der Waals surface area contributed by atoms with Gasteiger partial charge < -0.3 is 15.0 Å². The van der Waals surface area contributed by atoms with Crippen LogP contribution in [0.4, 0.5) is 5.69 Å². The molecule has 0 spiro atoms. The van der Waals surface area contributed by atoms with E-state index in [0.29, 0.717) is 41.8 Å². The van der Waals surface area contributed by atoms with Gasteiger partial charge in [0.05, 0.1) is 10.0 Å². The number of nitrogens with one attached hydrogen (secondary N) is 1. The summed E-state index contributed by atoms with van der Waals surface area (Å²) in [6.07, 6.45) is 4.13. The van der Waals surface area contributed by atoms with E-state index in [1.807, 2.05) is 25.1 Å². The second-order valence-corrected chi connectivity index (χ2v) is 10.8. The van der Waals surface area contributed by atoms with E-state index in [2.05, 4.69) is 17.1 Å². The monoisotopic (exact) mass is 552 g/mol. The van der Waals surface area contributed by atoms with Crippen molar-refractivity contribution >= 4 is 46.4 Å². The van der Waals surface area contributed by atoms with Crippen molar-refractivity contribution in [3.8, 4) is 5.75 Å². The number of anilines is 1.